The molecule has 1 unspecified atom stereocenters. The first-order chi connectivity index (χ1) is 7.22. The van der Waals surface area contributed by atoms with E-state index in [1.807, 2.05) is 19.1 Å². The molecule has 0 aliphatic heterocycles. The summed E-state index contributed by atoms with van der Waals surface area (Å²) in [5.41, 5.74) is 2.64. The van der Waals surface area contributed by atoms with Gasteiger partial charge in [-0.25, -0.2) is 4.98 Å². The lowest BCUT2D eigenvalue weighted by molar-refractivity contribution is 0.120. The number of methoxy groups -OCH3 is 1. The van der Waals surface area contributed by atoms with Crippen LogP contribution >= 0.6 is 11.6 Å². The van der Waals surface area contributed by atoms with Crippen LogP contribution in [-0.2, 0) is 4.74 Å². The maximum atomic E-state index is 5.86. The van der Waals surface area contributed by atoms with Crippen LogP contribution in [0.15, 0.2) is 24.4 Å². The van der Waals surface area contributed by atoms with Gasteiger partial charge < -0.3 is 4.74 Å². The lowest BCUT2D eigenvalue weighted by Crippen LogP contribution is -1.99. The minimum absolute atomic E-state index is 0.0125. The van der Waals surface area contributed by atoms with E-state index in [0.717, 1.165) is 16.6 Å². The van der Waals surface area contributed by atoms with Crippen LogP contribution in [0.2, 0.25) is 5.15 Å². The molecule has 15 heavy (non-hydrogen) atoms. The molecule has 4 heteroatoms. The zero-order chi connectivity index (χ0) is 10.8. The third kappa shape index (κ3) is 1.94. The van der Waals surface area contributed by atoms with Gasteiger partial charge in [-0.1, -0.05) is 11.6 Å². The maximum Gasteiger partial charge on any atom is 0.129 e. The Kier molecular flexibility index (Phi) is 2.84. The monoisotopic (exact) mass is 222 g/mol. The molecule has 0 fully saturated rings. The van der Waals surface area contributed by atoms with Crippen LogP contribution in [0.3, 0.4) is 0 Å². The second kappa shape index (κ2) is 4.13. The van der Waals surface area contributed by atoms with Crippen molar-refractivity contribution in [2.45, 2.75) is 13.0 Å². The van der Waals surface area contributed by atoms with Gasteiger partial charge in [-0.15, -0.1) is 0 Å². The molecule has 0 amide bonds. The molecule has 0 aromatic carbocycles. The number of rotatable bonds is 2. The summed E-state index contributed by atoms with van der Waals surface area (Å²) >= 11 is 5.86. The average Bonchev–Trinajstić information content (AvgIpc) is 2.27. The Labute approximate surface area is 93.1 Å². The van der Waals surface area contributed by atoms with Crippen LogP contribution in [0.1, 0.15) is 18.6 Å². The molecule has 1 atom stereocenters. The fourth-order valence-corrected chi connectivity index (χ4v) is 1.62. The summed E-state index contributed by atoms with van der Waals surface area (Å²) in [4.78, 5) is 8.49. The van der Waals surface area contributed by atoms with Gasteiger partial charge in [-0.2, -0.15) is 0 Å². The van der Waals surface area contributed by atoms with Gasteiger partial charge >= 0.3 is 0 Å². The van der Waals surface area contributed by atoms with E-state index >= 15 is 0 Å². The molecular formula is C11H11ClN2O. The van der Waals surface area contributed by atoms with Crippen LogP contribution in [0.5, 0.6) is 0 Å². The Morgan fingerprint density at radius 3 is 2.87 bits per heavy atom. The molecule has 0 bridgehead atoms. The number of hydrogen-bond donors (Lipinski definition) is 0. The molecule has 0 aliphatic carbocycles. The van der Waals surface area contributed by atoms with E-state index in [4.69, 9.17) is 16.3 Å². The number of fused-ring (bicyclic) bond motifs is 1. The van der Waals surface area contributed by atoms with E-state index in [2.05, 4.69) is 9.97 Å². The molecule has 78 valence electrons. The highest BCUT2D eigenvalue weighted by Gasteiger charge is 2.10. The van der Waals surface area contributed by atoms with Crippen molar-refractivity contribution in [1.29, 1.82) is 0 Å². The summed E-state index contributed by atoms with van der Waals surface area (Å²) in [5, 5.41) is 0.472. The standard InChI is InChI=1S/C11H11ClN2O/c1-7(15-2)8-5-6-13-9-3-4-10(12)14-11(8)9/h3-7H,1-2H3. The van der Waals surface area contributed by atoms with E-state index in [0.29, 0.717) is 5.15 Å². The van der Waals surface area contributed by atoms with Crippen molar-refractivity contribution < 1.29 is 4.74 Å². The fraction of sp³-hybridized carbons (Fsp3) is 0.273. The van der Waals surface area contributed by atoms with Gasteiger partial charge in [0.05, 0.1) is 17.1 Å². The summed E-state index contributed by atoms with van der Waals surface area (Å²) in [7, 11) is 1.67. The Morgan fingerprint density at radius 2 is 2.13 bits per heavy atom. The third-order valence-corrected chi connectivity index (χ3v) is 2.58. The minimum atomic E-state index is -0.0125. The predicted octanol–water partition coefficient (Wildman–Crippen LogP) is 2.99. The van der Waals surface area contributed by atoms with Crippen molar-refractivity contribution >= 4 is 22.6 Å². The fourth-order valence-electron chi connectivity index (χ4n) is 1.48. The quantitative estimate of drug-likeness (QED) is 0.733. The maximum absolute atomic E-state index is 5.86. The van der Waals surface area contributed by atoms with E-state index in [1.165, 1.54) is 0 Å². The molecule has 0 N–H and O–H groups in total. The number of pyridine rings is 2. The van der Waals surface area contributed by atoms with E-state index in [-0.39, 0.29) is 6.10 Å². The molecule has 0 radical (unpaired) electrons. The predicted molar refractivity (Wildman–Crippen MR) is 60.0 cm³/mol. The van der Waals surface area contributed by atoms with Crippen LogP contribution in [0, 0.1) is 0 Å². The molecule has 2 rings (SSSR count). The summed E-state index contributed by atoms with van der Waals surface area (Å²) < 4.78 is 5.27. The second-order valence-electron chi connectivity index (χ2n) is 3.28. The first kappa shape index (κ1) is 10.3. The van der Waals surface area contributed by atoms with Crippen molar-refractivity contribution in [1.82, 2.24) is 9.97 Å². The molecule has 0 saturated carbocycles. The van der Waals surface area contributed by atoms with Crippen molar-refractivity contribution in [2.24, 2.45) is 0 Å². The molecule has 2 aromatic rings. The van der Waals surface area contributed by atoms with E-state index in [9.17, 15) is 0 Å². The topological polar surface area (TPSA) is 35.0 Å². The summed E-state index contributed by atoms with van der Waals surface area (Å²) in [6.45, 7) is 1.97. The molecule has 0 saturated heterocycles. The molecule has 2 heterocycles. The Balaban J connectivity index is 2.68. The molecular weight excluding hydrogens is 212 g/mol. The van der Waals surface area contributed by atoms with E-state index < -0.39 is 0 Å². The summed E-state index contributed by atoms with van der Waals surface area (Å²) in [6, 6.07) is 5.49. The van der Waals surface area contributed by atoms with Crippen molar-refractivity contribution in [3.05, 3.63) is 35.1 Å². The smallest absolute Gasteiger partial charge is 0.129 e. The lowest BCUT2D eigenvalue weighted by atomic mass is 10.1. The Hall–Kier alpha value is -1.19. The summed E-state index contributed by atoms with van der Waals surface area (Å²) in [5.74, 6) is 0. The molecule has 2 aromatic heterocycles. The first-order valence-electron chi connectivity index (χ1n) is 4.66. The third-order valence-electron chi connectivity index (χ3n) is 2.37. The van der Waals surface area contributed by atoms with Crippen LogP contribution in [0.4, 0.5) is 0 Å². The van der Waals surface area contributed by atoms with Crippen molar-refractivity contribution in [3.8, 4) is 0 Å². The van der Waals surface area contributed by atoms with Gasteiger partial charge in [0.25, 0.3) is 0 Å². The molecule has 0 spiro atoms. The number of ether oxygens (including phenoxy) is 1. The van der Waals surface area contributed by atoms with Crippen molar-refractivity contribution in [2.75, 3.05) is 7.11 Å². The largest absolute Gasteiger partial charge is 0.377 e. The van der Waals surface area contributed by atoms with Crippen LogP contribution < -0.4 is 0 Å². The Bertz CT molecular complexity index is 487. The van der Waals surface area contributed by atoms with Gasteiger partial charge in [0.1, 0.15) is 5.15 Å². The number of nitrogens with zero attached hydrogens (tertiary/aromatic N) is 2. The second-order valence-corrected chi connectivity index (χ2v) is 3.67. The zero-order valence-electron chi connectivity index (χ0n) is 8.57. The SMILES string of the molecule is COC(C)c1ccnc2ccc(Cl)nc12. The normalized spacial score (nSPS) is 13.0. The van der Waals surface area contributed by atoms with Gasteiger partial charge in [0.15, 0.2) is 0 Å². The highest BCUT2D eigenvalue weighted by Crippen LogP contribution is 2.24. The number of aromatic nitrogens is 2. The summed E-state index contributed by atoms with van der Waals surface area (Å²) in [6.07, 6.45) is 1.74. The van der Waals surface area contributed by atoms with Crippen molar-refractivity contribution in [3.63, 3.8) is 0 Å². The van der Waals surface area contributed by atoms with Gasteiger partial charge in [0.2, 0.25) is 0 Å². The Morgan fingerprint density at radius 1 is 1.33 bits per heavy atom. The van der Waals surface area contributed by atoms with Gasteiger partial charge in [-0.05, 0) is 25.1 Å². The highest BCUT2D eigenvalue weighted by molar-refractivity contribution is 6.29. The van der Waals surface area contributed by atoms with Crippen LogP contribution in [0.25, 0.3) is 11.0 Å². The van der Waals surface area contributed by atoms with Crippen LogP contribution in [-0.4, -0.2) is 17.1 Å². The first-order valence-corrected chi connectivity index (χ1v) is 5.04. The van der Waals surface area contributed by atoms with E-state index in [1.54, 1.807) is 19.4 Å². The van der Waals surface area contributed by atoms with Gasteiger partial charge in [0, 0.05) is 18.9 Å². The van der Waals surface area contributed by atoms with Gasteiger partial charge in [-0.3, -0.25) is 4.98 Å². The average molecular weight is 223 g/mol. The minimum Gasteiger partial charge on any atom is -0.377 e. The molecule has 3 nitrogen and oxygen atoms in total. The molecule has 0 aliphatic rings. The zero-order valence-corrected chi connectivity index (χ0v) is 9.32. The lowest BCUT2D eigenvalue weighted by Gasteiger charge is -2.11. The number of halogens is 1. The number of hydrogen-bond acceptors (Lipinski definition) is 3. The highest BCUT2D eigenvalue weighted by atomic mass is 35.5.